The van der Waals surface area contributed by atoms with Gasteiger partial charge in [0, 0.05) is 13.1 Å². The summed E-state index contributed by atoms with van der Waals surface area (Å²) in [5.74, 6) is 0.536. The van der Waals surface area contributed by atoms with Crippen LogP contribution in [0.4, 0.5) is 0 Å². The quantitative estimate of drug-likeness (QED) is 0.773. The maximum Gasteiger partial charge on any atom is 0.310 e. The molecular formula is C17H25NO2. The second-order valence-corrected chi connectivity index (χ2v) is 5.66. The predicted octanol–water partition coefficient (Wildman–Crippen LogP) is 3.07. The number of benzene rings is 1. The molecule has 1 saturated heterocycles. The number of nitrogens with zero attached hydrogens (tertiary/aromatic N) is 1. The van der Waals surface area contributed by atoms with E-state index in [1.54, 1.807) is 0 Å². The first-order valence-corrected chi connectivity index (χ1v) is 7.64. The van der Waals surface area contributed by atoms with E-state index in [9.17, 15) is 4.79 Å². The van der Waals surface area contributed by atoms with E-state index >= 15 is 0 Å². The minimum atomic E-state index is -0.0236. The maximum absolute atomic E-state index is 11.9. The number of piperidine rings is 1. The highest BCUT2D eigenvalue weighted by molar-refractivity contribution is 5.72. The summed E-state index contributed by atoms with van der Waals surface area (Å²) in [4.78, 5) is 14.3. The molecule has 0 N–H and O–H groups in total. The Bertz CT molecular complexity index is 418. The van der Waals surface area contributed by atoms with Gasteiger partial charge >= 0.3 is 5.97 Å². The number of ether oxygens (including phenoxy) is 1. The molecule has 1 aliphatic heterocycles. The van der Waals surface area contributed by atoms with Gasteiger partial charge in [0.25, 0.3) is 0 Å². The molecule has 2 rings (SSSR count). The zero-order chi connectivity index (χ0) is 14.4. The molecule has 0 aromatic heterocycles. The second kappa shape index (κ2) is 7.44. The summed E-state index contributed by atoms with van der Waals surface area (Å²) in [5.41, 5.74) is 1.37. The standard InChI is InChI=1S/C17H25NO2/c1-3-20-17(19)16-10-7-11-18(13-16)12-14(2)15-8-5-4-6-9-15/h4-6,8-9,14,16H,3,7,10-13H2,1-2H3/t14-,16?/m0/s1. The van der Waals surface area contributed by atoms with Crippen molar-refractivity contribution in [3.8, 4) is 0 Å². The van der Waals surface area contributed by atoms with Crippen LogP contribution >= 0.6 is 0 Å². The van der Waals surface area contributed by atoms with E-state index in [-0.39, 0.29) is 11.9 Å². The van der Waals surface area contributed by atoms with Gasteiger partial charge in [0.15, 0.2) is 0 Å². The monoisotopic (exact) mass is 275 g/mol. The lowest BCUT2D eigenvalue weighted by atomic mass is 9.95. The van der Waals surface area contributed by atoms with Crippen molar-refractivity contribution < 1.29 is 9.53 Å². The molecule has 1 unspecified atom stereocenters. The van der Waals surface area contributed by atoms with Gasteiger partial charge in [-0.3, -0.25) is 4.79 Å². The van der Waals surface area contributed by atoms with Crippen LogP contribution in [0.5, 0.6) is 0 Å². The van der Waals surface area contributed by atoms with Crippen molar-refractivity contribution in [1.82, 2.24) is 4.90 Å². The van der Waals surface area contributed by atoms with Crippen molar-refractivity contribution in [2.75, 3.05) is 26.2 Å². The Kier molecular flexibility index (Phi) is 5.60. The largest absolute Gasteiger partial charge is 0.466 e. The average molecular weight is 275 g/mol. The highest BCUT2D eigenvalue weighted by atomic mass is 16.5. The SMILES string of the molecule is CCOC(=O)C1CCCN(C[C@H](C)c2ccccc2)C1. The fourth-order valence-corrected chi connectivity index (χ4v) is 2.95. The first-order valence-electron chi connectivity index (χ1n) is 7.64. The van der Waals surface area contributed by atoms with E-state index in [1.807, 2.05) is 13.0 Å². The molecule has 0 amide bonds. The van der Waals surface area contributed by atoms with Gasteiger partial charge < -0.3 is 9.64 Å². The zero-order valence-electron chi connectivity index (χ0n) is 12.5. The molecule has 3 nitrogen and oxygen atoms in total. The molecule has 0 bridgehead atoms. The Labute approximate surface area is 121 Å². The van der Waals surface area contributed by atoms with E-state index in [2.05, 4.69) is 36.1 Å². The number of carbonyl (C=O) groups excluding carboxylic acids is 1. The van der Waals surface area contributed by atoms with Crippen LogP contribution in [0.3, 0.4) is 0 Å². The number of rotatable bonds is 5. The molecule has 3 heteroatoms. The number of hydrogen-bond donors (Lipinski definition) is 0. The second-order valence-electron chi connectivity index (χ2n) is 5.66. The van der Waals surface area contributed by atoms with Gasteiger partial charge in [-0.25, -0.2) is 0 Å². The topological polar surface area (TPSA) is 29.5 Å². The van der Waals surface area contributed by atoms with E-state index in [0.29, 0.717) is 12.5 Å². The highest BCUT2D eigenvalue weighted by Gasteiger charge is 2.27. The smallest absolute Gasteiger partial charge is 0.310 e. The summed E-state index contributed by atoms with van der Waals surface area (Å²) < 4.78 is 5.15. The number of esters is 1. The van der Waals surface area contributed by atoms with Crippen molar-refractivity contribution in [2.24, 2.45) is 5.92 Å². The zero-order valence-corrected chi connectivity index (χ0v) is 12.5. The molecule has 1 heterocycles. The van der Waals surface area contributed by atoms with Crippen LogP contribution in [0.15, 0.2) is 30.3 Å². The van der Waals surface area contributed by atoms with Crippen LogP contribution in [-0.2, 0) is 9.53 Å². The molecule has 20 heavy (non-hydrogen) atoms. The minimum Gasteiger partial charge on any atom is -0.466 e. The Morgan fingerprint density at radius 1 is 1.40 bits per heavy atom. The third-order valence-corrected chi connectivity index (χ3v) is 4.03. The Morgan fingerprint density at radius 3 is 2.85 bits per heavy atom. The van der Waals surface area contributed by atoms with Gasteiger partial charge in [0.2, 0.25) is 0 Å². The minimum absolute atomic E-state index is 0.0236. The van der Waals surface area contributed by atoms with Gasteiger partial charge in [-0.1, -0.05) is 37.3 Å². The number of likely N-dealkylation sites (tertiary alicyclic amines) is 1. The Morgan fingerprint density at radius 2 is 2.15 bits per heavy atom. The summed E-state index contributed by atoms with van der Waals surface area (Å²) >= 11 is 0. The van der Waals surface area contributed by atoms with E-state index < -0.39 is 0 Å². The molecule has 2 atom stereocenters. The number of hydrogen-bond acceptors (Lipinski definition) is 3. The molecule has 1 aliphatic rings. The lowest BCUT2D eigenvalue weighted by molar-refractivity contribution is -0.149. The van der Waals surface area contributed by atoms with Crippen molar-refractivity contribution >= 4 is 5.97 Å². The maximum atomic E-state index is 11.9. The summed E-state index contributed by atoms with van der Waals surface area (Å²) in [6, 6.07) is 10.6. The average Bonchev–Trinajstić information content (AvgIpc) is 2.48. The van der Waals surface area contributed by atoms with E-state index in [1.165, 1.54) is 5.56 Å². The Balaban J connectivity index is 1.88. The molecule has 110 valence electrons. The molecule has 0 saturated carbocycles. The molecule has 1 aromatic rings. The first kappa shape index (κ1) is 15.0. The van der Waals surface area contributed by atoms with Crippen LogP contribution in [0.2, 0.25) is 0 Å². The van der Waals surface area contributed by atoms with Crippen LogP contribution in [0, 0.1) is 5.92 Å². The van der Waals surface area contributed by atoms with Gasteiger partial charge in [-0.15, -0.1) is 0 Å². The van der Waals surface area contributed by atoms with Gasteiger partial charge in [-0.05, 0) is 37.8 Å². The van der Waals surface area contributed by atoms with Gasteiger partial charge in [0.05, 0.1) is 12.5 Å². The highest BCUT2D eigenvalue weighted by Crippen LogP contribution is 2.22. The van der Waals surface area contributed by atoms with Crippen molar-refractivity contribution in [1.29, 1.82) is 0 Å². The third kappa shape index (κ3) is 4.07. The first-order chi connectivity index (χ1) is 9.70. The summed E-state index contributed by atoms with van der Waals surface area (Å²) in [5, 5.41) is 0. The van der Waals surface area contributed by atoms with Crippen LogP contribution in [-0.4, -0.2) is 37.1 Å². The fraction of sp³-hybridized carbons (Fsp3) is 0.588. The van der Waals surface area contributed by atoms with Crippen LogP contribution in [0.25, 0.3) is 0 Å². The molecule has 0 aliphatic carbocycles. The van der Waals surface area contributed by atoms with Gasteiger partial charge in [-0.2, -0.15) is 0 Å². The van der Waals surface area contributed by atoms with Gasteiger partial charge in [0.1, 0.15) is 0 Å². The summed E-state index contributed by atoms with van der Waals surface area (Å²) in [7, 11) is 0. The third-order valence-electron chi connectivity index (χ3n) is 4.03. The van der Waals surface area contributed by atoms with Crippen molar-refractivity contribution in [3.05, 3.63) is 35.9 Å². The molecule has 1 fully saturated rings. The lowest BCUT2D eigenvalue weighted by Gasteiger charge is -2.33. The lowest BCUT2D eigenvalue weighted by Crippen LogP contribution is -2.41. The van der Waals surface area contributed by atoms with E-state index in [0.717, 1.165) is 32.5 Å². The molecule has 0 radical (unpaired) electrons. The number of carbonyl (C=O) groups is 1. The summed E-state index contributed by atoms with van der Waals surface area (Å²) in [6.07, 6.45) is 2.06. The van der Waals surface area contributed by atoms with Crippen LogP contribution in [0.1, 0.15) is 38.2 Å². The summed E-state index contributed by atoms with van der Waals surface area (Å²) in [6.45, 7) is 7.55. The molecule has 1 aromatic carbocycles. The normalized spacial score (nSPS) is 21.4. The fourth-order valence-electron chi connectivity index (χ4n) is 2.95. The Hall–Kier alpha value is -1.35. The van der Waals surface area contributed by atoms with E-state index in [4.69, 9.17) is 4.74 Å². The molecule has 0 spiro atoms. The molecular weight excluding hydrogens is 250 g/mol. The van der Waals surface area contributed by atoms with Crippen LogP contribution < -0.4 is 0 Å². The van der Waals surface area contributed by atoms with Crippen molar-refractivity contribution in [3.63, 3.8) is 0 Å². The van der Waals surface area contributed by atoms with Crippen molar-refractivity contribution in [2.45, 2.75) is 32.6 Å². The predicted molar refractivity (Wildman–Crippen MR) is 80.7 cm³/mol.